The van der Waals surface area contributed by atoms with Gasteiger partial charge in [-0.3, -0.25) is 19.3 Å². The Hall–Kier alpha value is -4.08. The molecule has 2 aliphatic rings. The number of carbonyl (C=O) groups is 4. The molecule has 1 unspecified atom stereocenters. The summed E-state index contributed by atoms with van der Waals surface area (Å²) < 4.78 is 11.5. The summed E-state index contributed by atoms with van der Waals surface area (Å²) in [6.07, 6.45) is -0.446. The van der Waals surface area contributed by atoms with Crippen molar-refractivity contribution in [3.63, 3.8) is 0 Å². The number of benzene rings is 2. The molecule has 2 aliphatic heterocycles. The Balaban J connectivity index is 1.56. The second kappa shape index (κ2) is 10.5. The highest BCUT2D eigenvalue weighted by atomic mass is 16.6. The second-order valence-corrected chi connectivity index (χ2v) is 9.93. The molecule has 3 atom stereocenters. The molecular formula is C27H32N4O6. The number of primary amides is 1. The van der Waals surface area contributed by atoms with Gasteiger partial charge in [0.2, 0.25) is 17.4 Å². The molecule has 2 aromatic rings. The van der Waals surface area contributed by atoms with Crippen molar-refractivity contribution in [2.75, 3.05) is 18.9 Å². The minimum Gasteiger partial charge on any atom is -0.473 e. The van der Waals surface area contributed by atoms with E-state index in [0.29, 0.717) is 17.9 Å². The SMILES string of the molecule is CC(C)C[C@@H](C(=O)N1CC2(C[C@H]1C(N)=O)Oc1ccccc1NC2=O)N(C)C(=O)OCc1ccccc1. The lowest BCUT2D eigenvalue weighted by Gasteiger charge is -2.35. The van der Waals surface area contributed by atoms with Crippen molar-refractivity contribution in [2.24, 2.45) is 11.7 Å². The van der Waals surface area contributed by atoms with Crippen molar-refractivity contribution in [3.8, 4) is 5.75 Å². The smallest absolute Gasteiger partial charge is 0.410 e. The largest absolute Gasteiger partial charge is 0.473 e. The molecule has 0 bridgehead atoms. The van der Waals surface area contributed by atoms with Crippen molar-refractivity contribution in [1.29, 1.82) is 0 Å². The number of rotatable bonds is 7. The molecule has 196 valence electrons. The number of ether oxygens (including phenoxy) is 2. The zero-order valence-electron chi connectivity index (χ0n) is 21.2. The lowest BCUT2D eigenvalue weighted by Crippen LogP contribution is -2.56. The van der Waals surface area contributed by atoms with E-state index in [1.54, 1.807) is 24.3 Å². The number of likely N-dealkylation sites (N-methyl/N-ethyl adjacent to an activating group) is 1. The van der Waals surface area contributed by atoms with E-state index in [1.165, 1.54) is 16.8 Å². The van der Waals surface area contributed by atoms with Crippen LogP contribution in [0.3, 0.4) is 0 Å². The van der Waals surface area contributed by atoms with Crippen LogP contribution in [0, 0.1) is 5.92 Å². The van der Waals surface area contributed by atoms with Crippen LogP contribution in [-0.4, -0.2) is 64.9 Å². The predicted octanol–water partition coefficient (Wildman–Crippen LogP) is 2.53. The molecule has 2 aromatic carbocycles. The molecule has 10 nitrogen and oxygen atoms in total. The lowest BCUT2D eigenvalue weighted by molar-refractivity contribution is -0.142. The number of nitrogens with zero attached hydrogens (tertiary/aromatic N) is 2. The van der Waals surface area contributed by atoms with E-state index in [4.69, 9.17) is 15.2 Å². The number of amides is 4. The van der Waals surface area contributed by atoms with Crippen molar-refractivity contribution >= 4 is 29.5 Å². The van der Waals surface area contributed by atoms with Crippen LogP contribution in [0.2, 0.25) is 0 Å². The number of hydrogen-bond donors (Lipinski definition) is 2. The lowest BCUT2D eigenvalue weighted by atomic mass is 9.96. The first-order valence-electron chi connectivity index (χ1n) is 12.2. The van der Waals surface area contributed by atoms with Gasteiger partial charge in [-0.2, -0.15) is 0 Å². The van der Waals surface area contributed by atoms with Crippen molar-refractivity contribution in [3.05, 3.63) is 60.2 Å². The summed E-state index contributed by atoms with van der Waals surface area (Å²) in [5, 5.41) is 2.81. The van der Waals surface area contributed by atoms with Gasteiger partial charge in [0, 0.05) is 13.5 Å². The maximum Gasteiger partial charge on any atom is 0.410 e. The number of anilines is 1. The summed E-state index contributed by atoms with van der Waals surface area (Å²) in [6.45, 7) is 3.72. The van der Waals surface area contributed by atoms with Gasteiger partial charge in [-0.15, -0.1) is 0 Å². The van der Waals surface area contributed by atoms with E-state index < -0.39 is 41.5 Å². The Bertz CT molecular complexity index is 1190. The fourth-order valence-electron chi connectivity index (χ4n) is 4.76. The van der Waals surface area contributed by atoms with Crippen LogP contribution in [0.15, 0.2) is 54.6 Å². The van der Waals surface area contributed by atoms with Gasteiger partial charge in [-0.05, 0) is 30.0 Å². The Morgan fingerprint density at radius 2 is 1.84 bits per heavy atom. The number of carbonyl (C=O) groups excluding carboxylic acids is 4. The molecule has 1 spiro atoms. The fourth-order valence-corrected chi connectivity index (χ4v) is 4.76. The molecule has 0 radical (unpaired) electrons. The topological polar surface area (TPSA) is 131 Å². The molecule has 1 fully saturated rings. The van der Waals surface area contributed by atoms with Gasteiger partial charge in [-0.1, -0.05) is 56.3 Å². The molecule has 1 saturated heterocycles. The third kappa shape index (κ3) is 5.37. The number of hydrogen-bond acceptors (Lipinski definition) is 6. The molecule has 0 aliphatic carbocycles. The van der Waals surface area contributed by atoms with Gasteiger partial charge in [0.05, 0.1) is 12.2 Å². The second-order valence-electron chi connectivity index (χ2n) is 9.93. The summed E-state index contributed by atoms with van der Waals surface area (Å²) in [5.41, 5.74) is 5.53. The highest BCUT2D eigenvalue weighted by Gasteiger charge is 2.57. The third-order valence-electron chi connectivity index (χ3n) is 6.73. The number of para-hydroxylation sites is 2. The van der Waals surface area contributed by atoms with E-state index in [9.17, 15) is 19.2 Å². The minimum atomic E-state index is -1.47. The first-order chi connectivity index (χ1) is 17.6. The molecule has 0 aromatic heterocycles. The Morgan fingerprint density at radius 3 is 2.51 bits per heavy atom. The molecule has 2 heterocycles. The van der Waals surface area contributed by atoms with E-state index in [2.05, 4.69) is 5.32 Å². The zero-order valence-corrected chi connectivity index (χ0v) is 21.2. The Labute approximate surface area is 215 Å². The highest BCUT2D eigenvalue weighted by molar-refractivity contribution is 6.03. The van der Waals surface area contributed by atoms with E-state index in [1.807, 2.05) is 44.2 Å². The standard InChI is InChI=1S/C27H32N4O6/c1-17(2)13-20(30(3)26(35)36-15-18-9-5-4-6-10-18)24(33)31-16-27(14-21(31)23(28)32)25(34)29-19-11-7-8-12-22(19)37-27/h4-12,17,20-21H,13-16H2,1-3H3,(H2,28,32)(H,29,34)/t20-,21-,27?/m0/s1. The number of nitrogens with two attached hydrogens (primary N) is 1. The van der Waals surface area contributed by atoms with E-state index >= 15 is 0 Å². The van der Waals surface area contributed by atoms with Crippen LogP contribution < -0.4 is 15.8 Å². The number of likely N-dealkylation sites (tertiary alicyclic amines) is 1. The quantitative estimate of drug-likeness (QED) is 0.591. The minimum absolute atomic E-state index is 0.0445. The molecular weight excluding hydrogens is 476 g/mol. The van der Waals surface area contributed by atoms with Crippen LogP contribution in [-0.2, 0) is 25.7 Å². The van der Waals surface area contributed by atoms with Crippen LogP contribution in [0.1, 0.15) is 32.3 Å². The van der Waals surface area contributed by atoms with Gasteiger partial charge in [0.15, 0.2) is 0 Å². The molecule has 37 heavy (non-hydrogen) atoms. The first-order valence-corrected chi connectivity index (χ1v) is 12.2. The molecule has 10 heteroatoms. The van der Waals surface area contributed by atoms with Crippen LogP contribution in [0.4, 0.5) is 10.5 Å². The van der Waals surface area contributed by atoms with Gasteiger partial charge < -0.3 is 25.4 Å². The van der Waals surface area contributed by atoms with Crippen LogP contribution >= 0.6 is 0 Å². The van der Waals surface area contributed by atoms with Crippen LogP contribution in [0.5, 0.6) is 5.75 Å². The molecule has 4 amide bonds. The normalized spacial score (nSPS) is 21.1. The van der Waals surface area contributed by atoms with Crippen molar-refractivity contribution < 1.29 is 28.7 Å². The average molecular weight is 509 g/mol. The first kappa shape index (κ1) is 26.0. The average Bonchev–Trinajstić information content (AvgIpc) is 3.27. The predicted molar refractivity (Wildman–Crippen MR) is 135 cm³/mol. The van der Waals surface area contributed by atoms with Gasteiger partial charge >= 0.3 is 6.09 Å². The summed E-state index contributed by atoms with van der Waals surface area (Å²) >= 11 is 0. The molecule has 0 saturated carbocycles. The van der Waals surface area contributed by atoms with Gasteiger partial charge in [0.1, 0.15) is 24.4 Å². The summed E-state index contributed by atoms with van der Waals surface area (Å²) in [6, 6.07) is 14.1. The van der Waals surface area contributed by atoms with E-state index in [0.717, 1.165) is 5.56 Å². The highest BCUT2D eigenvalue weighted by Crippen LogP contribution is 2.40. The zero-order chi connectivity index (χ0) is 26.7. The van der Waals surface area contributed by atoms with Gasteiger partial charge in [0.25, 0.3) is 5.91 Å². The summed E-state index contributed by atoms with van der Waals surface area (Å²) in [4.78, 5) is 54.9. The van der Waals surface area contributed by atoms with Crippen molar-refractivity contribution in [1.82, 2.24) is 9.80 Å². The maximum absolute atomic E-state index is 13.9. The monoisotopic (exact) mass is 508 g/mol. The Kier molecular flexibility index (Phi) is 7.37. The number of fused-ring (bicyclic) bond motifs is 1. The number of nitrogens with one attached hydrogen (secondary N) is 1. The summed E-state index contributed by atoms with van der Waals surface area (Å²) in [5.74, 6) is -1.21. The maximum atomic E-state index is 13.9. The van der Waals surface area contributed by atoms with Crippen molar-refractivity contribution in [2.45, 2.75) is 51.0 Å². The van der Waals surface area contributed by atoms with Gasteiger partial charge in [-0.25, -0.2) is 4.79 Å². The summed E-state index contributed by atoms with van der Waals surface area (Å²) in [7, 11) is 1.49. The molecule has 4 rings (SSSR count). The molecule has 3 N–H and O–H groups in total. The fraction of sp³-hybridized carbons (Fsp3) is 0.407. The Morgan fingerprint density at radius 1 is 1.16 bits per heavy atom. The third-order valence-corrected chi connectivity index (χ3v) is 6.73. The van der Waals surface area contributed by atoms with E-state index in [-0.39, 0.29) is 25.5 Å². The van der Waals surface area contributed by atoms with Crippen LogP contribution in [0.25, 0.3) is 0 Å².